The summed E-state index contributed by atoms with van der Waals surface area (Å²) in [4.78, 5) is 42.6. The van der Waals surface area contributed by atoms with Crippen molar-refractivity contribution in [2.75, 3.05) is 7.11 Å². The number of rotatable bonds is 2. The van der Waals surface area contributed by atoms with Gasteiger partial charge in [-0.2, -0.15) is 0 Å². The minimum atomic E-state index is -0.559. The highest BCUT2D eigenvalue weighted by atomic mass is 16.5. The van der Waals surface area contributed by atoms with Crippen molar-refractivity contribution in [2.24, 2.45) is 0 Å². The Bertz CT molecular complexity index is 834. The predicted molar refractivity (Wildman–Crippen MR) is 74.0 cm³/mol. The summed E-state index contributed by atoms with van der Waals surface area (Å²) in [6, 6.07) is 8.72. The number of carbonyl (C=O) groups excluding carboxylic acids is 2. The smallest absolute Gasteiger partial charge is 0.275 e. The first-order chi connectivity index (χ1) is 10.1. The Kier molecular flexibility index (Phi) is 2.98. The summed E-state index contributed by atoms with van der Waals surface area (Å²) in [6.07, 6.45) is 1.07. The normalized spacial score (nSPS) is 13.7. The second kappa shape index (κ2) is 4.82. The van der Waals surface area contributed by atoms with Crippen LogP contribution in [-0.4, -0.2) is 28.6 Å². The zero-order valence-electron chi connectivity index (χ0n) is 11.0. The number of benzene rings is 1. The highest BCUT2D eigenvalue weighted by molar-refractivity contribution is 6.22. The van der Waals surface area contributed by atoms with Crippen molar-refractivity contribution in [3.05, 3.63) is 63.9 Å². The van der Waals surface area contributed by atoms with Gasteiger partial charge in [-0.05, 0) is 0 Å². The van der Waals surface area contributed by atoms with Gasteiger partial charge < -0.3 is 9.72 Å². The van der Waals surface area contributed by atoms with Gasteiger partial charge in [-0.1, -0.05) is 30.3 Å². The number of allylic oxidation sites excluding steroid dienone is 2. The van der Waals surface area contributed by atoms with Crippen molar-refractivity contribution in [1.82, 2.24) is 9.97 Å². The largest absolute Gasteiger partial charge is 0.492 e. The van der Waals surface area contributed by atoms with Crippen LogP contribution in [0.5, 0.6) is 0 Å². The van der Waals surface area contributed by atoms with Crippen molar-refractivity contribution in [3.63, 3.8) is 0 Å². The highest BCUT2D eigenvalue weighted by Crippen LogP contribution is 2.20. The Hall–Kier alpha value is -3.02. The molecule has 6 nitrogen and oxygen atoms in total. The number of methoxy groups -OCH3 is 1. The second-order valence-corrected chi connectivity index (χ2v) is 4.41. The van der Waals surface area contributed by atoms with E-state index in [2.05, 4.69) is 9.97 Å². The van der Waals surface area contributed by atoms with Crippen LogP contribution in [0.1, 0.15) is 21.0 Å². The number of H-pyrrole nitrogens is 1. The number of ketones is 2. The monoisotopic (exact) mass is 282 g/mol. The molecule has 0 spiro atoms. The fraction of sp³-hybridized carbons (Fsp3) is 0.0667. The van der Waals surface area contributed by atoms with Gasteiger partial charge in [0.05, 0.1) is 7.11 Å². The molecule has 104 valence electrons. The van der Waals surface area contributed by atoms with Crippen molar-refractivity contribution in [3.8, 4) is 11.3 Å². The molecule has 1 aliphatic carbocycles. The van der Waals surface area contributed by atoms with Gasteiger partial charge >= 0.3 is 0 Å². The molecule has 1 aliphatic rings. The van der Waals surface area contributed by atoms with Gasteiger partial charge in [-0.15, -0.1) is 0 Å². The lowest BCUT2D eigenvalue weighted by Gasteiger charge is -2.13. The van der Waals surface area contributed by atoms with E-state index in [1.807, 2.05) is 0 Å². The second-order valence-electron chi connectivity index (χ2n) is 4.41. The number of nitrogens with one attached hydrogen (secondary N) is 1. The van der Waals surface area contributed by atoms with Crippen LogP contribution in [-0.2, 0) is 4.74 Å². The average Bonchev–Trinajstić information content (AvgIpc) is 2.51. The maximum atomic E-state index is 12.1. The van der Waals surface area contributed by atoms with E-state index < -0.39 is 17.1 Å². The summed E-state index contributed by atoms with van der Waals surface area (Å²) in [7, 11) is 1.28. The first-order valence-corrected chi connectivity index (χ1v) is 6.16. The van der Waals surface area contributed by atoms with Crippen LogP contribution in [0.15, 0.2) is 47.0 Å². The van der Waals surface area contributed by atoms with Gasteiger partial charge in [0.25, 0.3) is 5.56 Å². The quantitative estimate of drug-likeness (QED) is 0.898. The van der Waals surface area contributed by atoms with Gasteiger partial charge in [0.1, 0.15) is 17.1 Å². The molecule has 0 unspecified atom stereocenters. The summed E-state index contributed by atoms with van der Waals surface area (Å²) in [6.45, 7) is 0. The summed E-state index contributed by atoms with van der Waals surface area (Å²) in [5.74, 6) is -1.15. The van der Waals surface area contributed by atoms with E-state index in [1.54, 1.807) is 30.3 Å². The maximum Gasteiger partial charge on any atom is 0.275 e. The molecule has 2 aromatic rings. The van der Waals surface area contributed by atoms with Crippen LogP contribution in [0.4, 0.5) is 0 Å². The van der Waals surface area contributed by atoms with E-state index >= 15 is 0 Å². The lowest BCUT2D eigenvalue weighted by molar-refractivity contribution is 0.0909. The van der Waals surface area contributed by atoms with Crippen LogP contribution < -0.4 is 5.56 Å². The molecule has 0 saturated heterocycles. The number of aromatic nitrogens is 2. The Morgan fingerprint density at radius 1 is 1.05 bits per heavy atom. The number of aromatic amines is 1. The predicted octanol–water partition coefficient (Wildman–Crippen LogP) is 1.35. The summed E-state index contributed by atoms with van der Waals surface area (Å²) in [5, 5.41) is 0. The molecule has 1 aromatic heterocycles. The Balaban J connectivity index is 2.22. The highest BCUT2D eigenvalue weighted by Gasteiger charge is 2.30. The zero-order chi connectivity index (χ0) is 15.0. The number of carbonyl (C=O) groups is 2. The molecule has 0 fully saturated rings. The lowest BCUT2D eigenvalue weighted by atomic mass is 10.0. The molecular formula is C15H10N2O4. The van der Waals surface area contributed by atoms with Gasteiger partial charge in [0.2, 0.25) is 11.6 Å². The number of fused-ring (bicyclic) bond motifs is 1. The maximum absolute atomic E-state index is 12.1. The molecule has 6 heteroatoms. The van der Waals surface area contributed by atoms with E-state index in [0.29, 0.717) is 5.56 Å². The molecule has 1 aromatic carbocycles. The number of nitrogens with zero attached hydrogens (tertiary/aromatic N) is 1. The van der Waals surface area contributed by atoms with E-state index in [1.165, 1.54) is 7.11 Å². The standard InChI is InChI=1S/C15H10N2O4/c1-21-10-7-9(18)12-13(14(10)19)17-15(20)11(16-12)8-5-3-2-4-6-8/h2-7H,1H3,(H,17,20). The summed E-state index contributed by atoms with van der Waals surface area (Å²) >= 11 is 0. The molecule has 0 bridgehead atoms. The van der Waals surface area contributed by atoms with E-state index in [9.17, 15) is 14.4 Å². The molecule has 3 rings (SSSR count). The molecule has 21 heavy (non-hydrogen) atoms. The van der Waals surface area contributed by atoms with Crippen LogP contribution >= 0.6 is 0 Å². The minimum absolute atomic E-state index is 0.0701. The van der Waals surface area contributed by atoms with Gasteiger partial charge in [0, 0.05) is 11.6 Å². The third-order valence-corrected chi connectivity index (χ3v) is 3.13. The van der Waals surface area contributed by atoms with Gasteiger partial charge in [-0.3, -0.25) is 14.4 Å². The first-order valence-electron chi connectivity index (χ1n) is 6.16. The molecule has 0 atom stereocenters. The van der Waals surface area contributed by atoms with Crippen LogP contribution in [0.2, 0.25) is 0 Å². The number of hydrogen-bond acceptors (Lipinski definition) is 5. The van der Waals surface area contributed by atoms with Crippen molar-refractivity contribution >= 4 is 11.6 Å². The fourth-order valence-corrected chi connectivity index (χ4v) is 2.11. The Morgan fingerprint density at radius 3 is 2.43 bits per heavy atom. The van der Waals surface area contributed by atoms with Gasteiger partial charge in [-0.25, -0.2) is 4.98 Å². The van der Waals surface area contributed by atoms with Gasteiger partial charge in [0.15, 0.2) is 5.76 Å². The molecule has 0 aliphatic heterocycles. The lowest BCUT2D eigenvalue weighted by Crippen LogP contribution is -2.27. The van der Waals surface area contributed by atoms with Crippen molar-refractivity contribution in [2.45, 2.75) is 0 Å². The van der Waals surface area contributed by atoms with Crippen LogP contribution in [0.25, 0.3) is 11.3 Å². The van der Waals surface area contributed by atoms with Crippen LogP contribution in [0.3, 0.4) is 0 Å². The average molecular weight is 282 g/mol. The molecule has 1 heterocycles. The van der Waals surface area contributed by atoms with Crippen molar-refractivity contribution < 1.29 is 14.3 Å². The SMILES string of the molecule is COC1=CC(=O)c2nc(-c3ccccc3)c(=O)[nH]c2C1=O. The summed E-state index contributed by atoms with van der Waals surface area (Å²) < 4.78 is 4.83. The van der Waals surface area contributed by atoms with Crippen LogP contribution in [0, 0.1) is 0 Å². The number of ether oxygens (including phenoxy) is 1. The molecule has 0 amide bonds. The van der Waals surface area contributed by atoms with E-state index in [0.717, 1.165) is 6.08 Å². The summed E-state index contributed by atoms with van der Waals surface area (Å²) in [5.41, 5.74) is -0.0604. The van der Waals surface area contributed by atoms with E-state index in [-0.39, 0.29) is 22.8 Å². The molecule has 1 N–H and O–H groups in total. The van der Waals surface area contributed by atoms with Crippen molar-refractivity contribution in [1.29, 1.82) is 0 Å². The van der Waals surface area contributed by atoms with E-state index in [4.69, 9.17) is 4.74 Å². The molecule has 0 radical (unpaired) electrons. The number of hydrogen-bond donors (Lipinski definition) is 1. The third-order valence-electron chi connectivity index (χ3n) is 3.13. The number of Topliss-reactive ketones (excluding diaryl/α,β-unsaturated/α-hetero) is 1. The fourth-order valence-electron chi connectivity index (χ4n) is 2.11. The topological polar surface area (TPSA) is 89.1 Å². The molecule has 0 saturated carbocycles. The Morgan fingerprint density at radius 2 is 1.76 bits per heavy atom. The third kappa shape index (κ3) is 2.06. The Labute approximate surface area is 119 Å². The zero-order valence-corrected chi connectivity index (χ0v) is 11.0. The molecular weight excluding hydrogens is 272 g/mol. The minimum Gasteiger partial charge on any atom is -0.492 e. The first kappa shape index (κ1) is 13.0.